The number of hydrogen-bond donors (Lipinski definition) is 4. The molecule has 3 rings (SSSR count). The summed E-state index contributed by atoms with van der Waals surface area (Å²) in [5.74, 6) is -2.02. The number of fused-ring (bicyclic) bond motifs is 3. The zero-order chi connectivity index (χ0) is 22.6. The van der Waals surface area contributed by atoms with E-state index < -0.39 is 36.2 Å². The first-order valence-corrected chi connectivity index (χ1v) is 10.0. The molecule has 31 heavy (non-hydrogen) atoms. The van der Waals surface area contributed by atoms with E-state index in [0.29, 0.717) is 0 Å². The third-order valence-electron chi connectivity index (χ3n) is 5.40. The summed E-state index contributed by atoms with van der Waals surface area (Å²) in [5, 5.41) is 23.2. The molecule has 0 bridgehead atoms. The number of nitrogens with one attached hydrogen (secondary N) is 2. The largest absolute Gasteiger partial charge is 0.479 e. The molecule has 2 aromatic carbocycles. The summed E-state index contributed by atoms with van der Waals surface area (Å²) in [6, 6.07) is 15.4. The van der Waals surface area contributed by atoms with Crippen molar-refractivity contribution in [2.45, 2.75) is 37.8 Å². The highest BCUT2D eigenvalue weighted by Gasteiger charge is 2.34. The molecular weight excluding hydrogens is 400 g/mol. The molecule has 0 aliphatic heterocycles. The number of aliphatic carboxylic acids is 1. The molecule has 8 nitrogen and oxygen atoms in total. The highest BCUT2D eigenvalue weighted by atomic mass is 16.5. The lowest BCUT2D eigenvalue weighted by molar-refractivity contribution is -0.148. The molecule has 0 radical (unpaired) electrons. The van der Waals surface area contributed by atoms with Gasteiger partial charge >= 0.3 is 12.1 Å². The zero-order valence-electron chi connectivity index (χ0n) is 17.4. The van der Waals surface area contributed by atoms with Crippen molar-refractivity contribution in [3.05, 3.63) is 59.7 Å². The highest BCUT2D eigenvalue weighted by molar-refractivity contribution is 5.87. The van der Waals surface area contributed by atoms with Crippen LogP contribution in [0.15, 0.2) is 48.5 Å². The van der Waals surface area contributed by atoms with Gasteiger partial charge in [0.2, 0.25) is 5.91 Å². The summed E-state index contributed by atoms with van der Waals surface area (Å²) in [6.45, 7) is 2.22. The van der Waals surface area contributed by atoms with Crippen molar-refractivity contribution in [1.29, 1.82) is 0 Å². The second-order valence-electron chi connectivity index (χ2n) is 7.92. The van der Waals surface area contributed by atoms with Crippen LogP contribution in [0.4, 0.5) is 4.79 Å². The van der Waals surface area contributed by atoms with Crippen molar-refractivity contribution in [3.8, 4) is 11.1 Å². The standard InChI is InChI=1S/C23H26N2O6/c1-14(11-20(27)25-23(2,13-26)21(28)29)24-22(30)31-12-19-17-9-5-3-7-15(17)16-8-4-6-10-18(16)19/h3-10,14,19,26H,11-13H2,1-2H3,(H,24,30)(H,25,27)(H,28,29). The number of alkyl carbamates (subject to hydrolysis) is 1. The van der Waals surface area contributed by atoms with Gasteiger partial charge < -0.3 is 25.6 Å². The van der Waals surface area contributed by atoms with Crippen molar-refractivity contribution >= 4 is 18.0 Å². The van der Waals surface area contributed by atoms with Gasteiger partial charge in [0.15, 0.2) is 5.54 Å². The predicted molar refractivity (Wildman–Crippen MR) is 114 cm³/mol. The lowest BCUT2D eigenvalue weighted by atomic mass is 9.98. The van der Waals surface area contributed by atoms with E-state index in [-0.39, 0.29) is 18.9 Å². The number of rotatable bonds is 8. The van der Waals surface area contributed by atoms with E-state index in [0.717, 1.165) is 22.3 Å². The van der Waals surface area contributed by atoms with Crippen LogP contribution in [-0.4, -0.2) is 53.0 Å². The van der Waals surface area contributed by atoms with Crippen LogP contribution in [0.2, 0.25) is 0 Å². The monoisotopic (exact) mass is 426 g/mol. The average Bonchev–Trinajstić information content (AvgIpc) is 3.05. The number of carbonyl (C=O) groups excluding carboxylic acids is 2. The van der Waals surface area contributed by atoms with E-state index in [1.807, 2.05) is 48.5 Å². The molecule has 4 N–H and O–H groups in total. The van der Waals surface area contributed by atoms with Crippen LogP contribution < -0.4 is 10.6 Å². The Kier molecular flexibility index (Phi) is 6.60. The van der Waals surface area contributed by atoms with Gasteiger partial charge in [0.1, 0.15) is 6.61 Å². The molecule has 8 heteroatoms. The number of aliphatic hydroxyl groups is 1. The van der Waals surface area contributed by atoms with Gasteiger partial charge in [-0.2, -0.15) is 0 Å². The van der Waals surface area contributed by atoms with Crippen LogP contribution >= 0.6 is 0 Å². The Bertz CT molecular complexity index is 946. The molecule has 0 aromatic heterocycles. The van der Waals surface area contributed by atoms with E-state index in [1.54, 1.807) is 6.92 Å². The van der Waals surface area contributed by atoms with Gasteiger partial charge in [0.05, 0.1) is 6.61 Å². The Morgan fingerprint density at radius 3 is 2.13 bits per heavy atom. The fraction of sp³-hybridized carbons (Fsp3) is 0.348. The number of aliphatic hydroxyl groups excluding tert-OH is 1. The minimum Gasteiger partial charge on any atom is -0.479 e. The summed E-state index contributed by atoms with van der Waals surface area (Å²) < 4.78 is 5.44. The van der Waals surface area contributed by atoms with E-state index in [2.05, 4.69) is 10.6 Å². The van der Waals surface area contributed by atoms with Crippen LogP contribution in [0, 0.1) is 0 Å². The van der Waals surface area contributed by atoms with E-state index in [9.17, 15) is 19.5 Å². The van der Waals surface area contributed by atoms with Gasteiger partial charge in [-0.1, -0.05) is 48.5 Å². The van der Waals surface area contributed by atoms with Crippen molar-refractivity contribution in [3.63, 3.8) is 0 Å². The maximum absolute atomic E-state index is 12.3. The van der Waals surface area contributed by atoms with Crippen molar-refractivity contribution < 1.29 is 29.3 Å². The quantitative estimate of drug-likeness (QED) is 0.513. The van der Waals surface area contributed by atoms with Gasteiger partial charge in [0, 0.05) is 18.4 Å². The zero-order valence-corrected chi connectivity index (χ0v) is 17.4. The van der Waals surface area contributed by atoms with E-state index >= 15 is 0 Å². The fourth-order valence-corrected chi connectivity index (χ4v) is 3.69. The highest BCUT2D eigenvalue weighted by Crippen LogP contribution is 2.44. The molecule has 0 saturated carbocycles. The minimum atomic E-state index is -1.78. The molecule has 1 aliphatic rings. The smallest absolute Gasteiger partial charge is 0.407 e. The summed E-state index contributed by atoms with van der Waals surface area (Å²) >= 11 is 0. The number of carboxylic acids is 1. The van der Waals surface area contributed by atoms with Gasteiger partial charge in [-0.3, -0.25) is 4.79 Å². The molecule has 2 atom stereocenters. The second-order valence-corrected chi connectivity index (χ2v) is 7.92. The molecular formula is C23H26N2O6. The summed E-state index contributed by atoms with van der Waals surface area (Å²) in [5.41, 5.74) is 2.67. The number of hydrogen-bond acceptors (Lipinski definition) is 5. The lowest BCUT2D eigenvalue weighted by Crippen LogP contribution is -2.55. The van der Waals surface area contributed by atoms with E-state index in [1.165, 1.54) is 6.92 Å². The molecule has 164 valence electrons. The van der Waals surface area contributed by atoms with Crippen LogP contribution in [0.1, 0.15) is 37.3 Å². The third kappa shape index (κ3) is 4.86. The van der Waals surface area contributed by atoms with Crippen molar-refractivity contribution in [2.24, 2.45) is 0 Å². The van der Waals surface area contributed by atoms with Crippen LogP contribution in [0.3, 0.4) is 0 Å². The minimum absolute atomic E-state index is 0.0717. The summed E-state index contributed by atoms with van der Waals surface area (Å²) in [6.07, 6.45) is -0.821. The molecule has 0 saturated heterocycles. The Labute approximate surface area is 180 Å². The Balaban J connectivity index is 1.55. The molecule has 1 aliphatic carbocycles. The number of carboxylic acid groups (broad SMARTS) is 1. The number of ether oxygens (including phenoxy) is 1. The van der Waals surface area contributed by atoms with Crippen LogP contribution in [0.5, 0.6) is 0 Å². The van der Waals surface area contributed by atoms with Gasteiger partial charge in [-0.05, 0) is 36.1 Å². The Hall–Kier alpha value is -3.39. The Morgan fingerprint density at radius 2 is 1.61 bits per heavy atom. The first-order chi connectivity index (χ1) is 14.7. The van der Waals surface area contributed by atoms with Gasteiger partial charge in [-0.25, -0.2) is 9.59 Å². The normalized spacial score (nSPS) is 15.2. The SMILES string of the molecule is CC(CC(=O)NC(C)(CO)C(=O)O)NC(=O)OCC1c2ccccc2-c2ccccc21. The van der Waals surface area contributed by atoms with Gasteiger partial charge in [-0.15, -0.1) is 0 Å². The van der Waals surface area contributed by atoms with E-state index in [4.69, 9.17) is 9.84 Å². The topological polar surface area (TPSA) is 125 Å². The molecule has 2 unspecified atom stereocenters. The average molecular weight is 426 g/mol. The lowest BCUT2D eigenvalue weighted by Gasteiger charge is -2.24. The molecule has 0 spiro atoms. The predicted octanol–water partition coefficient (Wildman–Crippen LogP) is 2.26. The van der Waals surface area contributed by atoms with Crippen LogP contribution in [-0.2, 0) is 14.3 Å². The Morgan fingerprint density at radius 1 is 1.06 bits per heavy atom. The van der Waals surface area contributed by atoms with Crippen LogP contribution in [0.25, 0.3) is 11.1 Å². The number of benzene rings is 2. The maximum atomic E-state index is 12.3. The first kappa shape index (κ1) is 22.3. The van der Waals surface area contributed by atoms with Crippen molar-refractivity contribution in [2.75, 3.05) is 13.2 Å². The summed E-state index contributed by atoms with van der Waals surface area (Å²) in [4.78, 5) is 35.5. The molecule has 0 heterocycles. The third-order valence-corrected chi connectivity index (χ3v) is 5.40. The second kappa shape index (κ2) is 9.18. The maximum Gasteiger partial charge on any atom is 0.407 e. The number of amides is 2. The van der Waals surface area contributed by atoms with Crippen molar-refractivity contribution in [1.82, 2.24) is 10.6 Å². The molecule has 0 fully saturated rings. The molecule has 2 aromatic rings. The number of carbonyl (C=O) groups is 3. The van der Waals surface area contributed by atoms with Gasteiger partial charge in [0.25, 0.3) is 0 Å². The first-order valence-electron chi connectivity index (χ1n) is 10.0. The molecule has 2 amide bonds. The summed E-state index contributed by atoms with van der Waals surface area (Å²) in [7, 11) is 0. The fourth-order valence-electron chi connectivity index (χ4n) is 3.69.